The predicted molar refractivity (Wildman–Crippen MR) is 59.2 cm³/mol. The average molecular weight is 216 g/mol. The largest absolute Gasteiger partial charge is 0.331 e. The Kier molecular flexibility index (Phi) is 2.08. The van der Waals surface area contributed by atoms with Crippen molar-refractivity contribution in [2.75, 3.05) is 6.54 Å². The van der Waals surface area contributed by atoms with Crippen molar-refractivity contribution in [2.24, 2.45) is 5.11 Å². The monoisotopic (exact) mass is 216 g/mol. The van der Waals surface area contributed by atoms with Crippen LogP contribution in [0.3, 0.4) is 0 Å². The highest BCUT2D eigenvalue weighted by molar-refractivity contribution is 5.42. The van der Waals surface area contributed by atoms with Crippen LogP contribution >= 0.6 is 0 Å². The van der Waals surface area contributed by atoms with Crippen molar-refractivity contribution in [3.63, 3.8) is 0 Å². The third-order valence-electron chi connectivity index (χ3n) is 2.92. The number of aromatic nitrogens is 3. The molecule has 3 rings (SSSR count). The molecule has 16 heavy (non-hydrogen) atoms. The Morgan fingerprint density at radius 1 is 1.50 bits per heavy atom. The molecule has 2 aromatic heterocycles. The highest BCUT2D eigenvalue weighted by Gasteiger charge is 2.26. The van der Waals surface area contributed by atoms with E-state index in [1.165, 1.54) is 18.5 Å². The lowest BCUT2D eigenvalue weighted by atomic mass is 10.3. The summed E-state index contributed by atoms with van der Waals surface area (Å²) in [6.07, 6.45) is 6.43. The quantitative estimate of drug-likeness (QED) is 0.439. The second-order valence-electron chi connectivity index (χ2n) is 4.09. The minimum atomic E-state index is 0.477. The minimum Gasteiger partial charge on any atom is -0.331 e. The average Bonchev–Trinajstić information content (AvgIpc) is 2.94. The van der Waals surface area contributed by atoms with Crippen LogP contribution in [-0.4, -0.2) is 20.7 Å². The second kappa shape index (κ2) is 3.57. The first-order valence-corrected chi connectivity index (χ1v) is 5.44. The van der Waals surface area contributed by atoms with Crippen LogP contribution in [0.5, 0.6) is 0 Å². The molecule has 6 nitrogen and oxygen atoms in total. The Morgan fingerprint density at radius 2 is 2.38 bits per heavy atom. The molecule has 0 bridgehead atoms. The van der Waals surface area contributed by atoms with Crippen molar-refractivity contribution in [1.29, 1.82) is 0 Å². The first-order valence-electron chi connectivity index (χ1n) is 5.44. The van der Waals surface area contributed by atoms with Gasteiger partial charge in [-0.25, -0.2) is 4.52 Å². The van der Waals surface area contributed by atoms with Crippen molar-refractivity contribution in [2.45, 2.75) is 25.3 Å². The van der Waals surface area contributed by atoms with Crippen molar-refractivity contribution in [1.82, 2.24) is 14.2 Å². The molecule has 0 aromatic carbocycles. The maximum Gasteiger partial charge on any atom is 0.136 e. The van der Waals surface area contributed by atoms with Crippen molar-refractivity contribution >= 4 is 5.65 Å². The summed E-state index contributed by atoms with van der Waals surface area (Å²) in [6, 6.07) is 2.13. The number of imidazole rings is 1. The molecular weight excluding hydrogens is 204 g/mol. The molecule has 0 amide bonds. The smallest absolute Gasteiger partial charge is 0.136 e. The van der Waals surface area contributed by atoms with E-state index in [9.17, 15) is 0 Å². The molecule has 0 N–H and O–H groups in total. The van der Waals surface area contributed by atoms with Crippen LogP contribution < -0.4 is 0 Å². The molecule has 1 saturated carbocycles. The van der Waals surface area contributed by atoms with Crippen molar-refractivity contribution in [3.8, 4) is 0 Å². The molecule has 0 aliphatic heterocycles. The number of hydrogen-bond donors (Lipinski definition) is 0. The Morgan fingerprint density at radius 3 is 3.12 bits per heavy atom. The fraction of sp³-hybridized carbons (Fsp3) is 0.500. The highest BCUT2D eigenvalue weighted by atomic mass is 15.3. The zero-order valence-electron chi connectivity index (χ0n) is 8.82. The Hall–Kier alpha value is -1.94. The first-order chi connectivity index (χ1) is 7.88. The number of hydrogen-bond acceptors (Lipinski definition) is 2. The molecule has 2 aromatic rings. The summed E-state index contributed by atoms with van der Waals surface area (Å²) >= 11 is 0. The van der Waals surface area contributed by atoms with Gasteiger partial charge in [-0.1, -0.05) is 5.11 Å². The molecule has 0 radical (unpaired) electrons. The molecule has 82 valence electrons. The SMILES string of the molecule is [N-]=[N+]=NCCn1ccn2nc(C3CC3)cc12. The van der Waals surface area contributed by atoms with Gasteiger partial charge in [-0.2, -0.15) is 5.10 Å². The van der Waals surface area contributed by atoms with Gasteiger partial charge >= 0.3 is 0 Å². The van der Waals surface area contributed by atoms with Crippen molar-refractivity contribution < 1.29 is 0 Å². The Labute approximate surface area is 92.1 Å². The maximum absolute atomic E-state index is 8.22. The molecule has 0 unspecified atom stereocenters. The van der Waals surface area contributed by atoms with Gasteiger partial charge in [0.15, 0.2) is 0 Å². The summed E-state index contributed by atoms with van der Waals surface area (Å²) < 4.78 is 3.96. The first kappa shape index (κ1) is 9.30. The van der Waals surface area contributed by atoms with Crippen LogP contribution in [-0.2, 0) is 6.54 Å². The normalized spacial score (nSPS) is 15.2. The van der Waals surface area contributed by atoms with Crippen molar-refractivity contribution in [3.05, 3.63) is 34.6 Å². The van der Waals surface area contributed by atoms with Crippen LogP contribution in [0.1, 0.15) is 24.5 Å². The molecular formula is C10H12N6. The van der Waals surface area contributed by atoms with E-state index in [1.807, 2.05) is 16.9 Å². The zero-order valence-corrected chi connectivity index (χ0v) is 8.82. The van der Waals surface area contributed by atoms with E-state index in [2.05, 4.69) is 25.8 Å². The summed E-state index contributed by atoms with van der Waals surface area (Å²) in [5.41, 5.74) is 10.5. The summed E-state index contributed by atoms with van der Waals surface area (Å²) in [5.74, 6) is 0.672. The molecule has 6 heteroatoms. The van der Waals surface area contributed by atoms with Gasteiger partial charge in [-0.05, 0) is 18.4 Å². The van der Waals surface area contributed by atoms with Gasteiger partial charge < -0.3 is 4.57 Å². The molecule has 1 aliphatic carbocycles. The molecule has 1 fully saturated rings. The Bertz CT molecular complexity index is 555. The van der Waals surface area contributed by atoms with Gasteiger partial charge in [0.25, 0.3) is 0 Å². The zero-order chi connectivity index (χ0) is 11.0. The van der Waals surface area contributed by atoms with Crippen LogP contribution in [0, 0.1) is 0 Å². The summed E-state index contributed by atoms with van der Waals surface area (Å²) in [7, 11) is 0. The van der Waals surface area contributed by atoms with E-state index in [1.54, 1.807) is 0 Å². The van der Waals surface area contributed by atoms with E-state index in [-0.39, 0.29) is 0 Å². The fourth-order valence-electron chi connectivity index (χ4n) is 1.91. The van der Waals surface area contributed by atoms with Crippen LogP contribution in [0.25, 0.3) is 16.1 Å². The minimum absolute atomic E-state index is 0.477. The fourth-order valence-corrected chi connectivity index (χ4v) is 1.91. The number of nitrogens with zero attached hydrogens (tertiary/aromatic N) is 6. The number of fused-ring (bicyclic) bond motifs is 1. The van der Waals surface area contributed by atoms with Gasteiger partial charge in [0.1, 0.15) is 5.65 Å². The van der Waals surface area contributed by atoms with E-state index < -0.39 is 0 Å². The van der Waals surface area contributed by atoms with Gasteiger partial charge in [0.2, 0.25) is 0 Å². The van der Waals surface area contributed by atoms with Gasteiger partial charge in [0.05, 0.1) is 5.69 Å². The maximum atomic E-state index is 8.22. The standard InChI is InChI=1S/C10H12N6/c11-14-12-3-4-15-5-6-16-10(15)7-9(13-16)8-1-2-8/h5-8H,1-4H2. The van der Waals surface area contributed by atoms with Crippen LogP contribution in [0.2, 0.25) is 0 Å². The van der Waals surface area contributed by atoms with Gasteiger partial charge in [0, 0.05) is 42.4 Å². The second-order valence-corrected chi connectivity index (χ2v) is 4.09. The number of azide groups is 1. The van der Waals surface area contributed by atoms with Gasteiger partial charge in [-0.15, -0.1) is 0 Å². The Balaban J connectivity index is 1.88. The third-order valence-corrected chi connectivity index (χ3v) is 2.92. The lowest BCUT2D eigenvalue weighted by Gasteiger charge is -1.97. The molecule has 0 saturated heterocycles. The molecule has 1 aliphatic rings. The third kappa shape index (κ3) is 1.53. The van der Waals surface area contributed by atoms with E-state index in [4.69, 9.17) is 5.53 Å². The van der Waals surface area contributed by atoms with E-state index in [0.29, 0.717) is 19.0 Å². The highest BCUT2D eigenvalue weighted by Crippen LogP contribution is 2.39. The summed E-state index contributed by atoms with van der Waals surface area (Å²) in [4.78, 5) is 2.75. The van der Waals surface area contributed by atoms with Crippen LogP contribution in [0.15, 0.2) is 23.6 Å². The molecule has 2 heterocycles. The van der Waals surface area contributed by atoms with E-state index >= 15 is 0 Å². The molecule has 0 atom stereocenters. The summed E-state index contributed by atoms with van der Waals surface area (Å²) in [5, 5.41) is 8.05. The van der Waals surface area contributed by atoms with Crippen LogP contribution in [0.4, 0.5) is 0 Å². The lowest BCUT2D eigenvalue weighted by Crippen LogP contribution is -1.98. The predicted octanol–water partition coefficient (Wildman–Crippen LogP) is 2.32. The molecule has 0 spiro atoms. The topological polar surface area (TPSA) is 71.0 Å². The van der Waals surface area contributed by atoms with E-state index in [0.717, 1.165) is 5.65 Å². The lowest BCUT2D eigenvalue weighted by molar-refractivity contribution is 0.727. The number of rotatable bonds is 4. The van der Waals surface area contributed by atoms with Gasteiger partial charge in [-0.3, -0.25) is 0 Å². The summed E-state index contributed by atoms with van der Waals surface area (Å²) in [6.45, 7) is 1.18.